The van der Waals surface area contributed by atoms with Crippen LogP contribution < -0.4 is 10.2 Å². The van der Waals surface area contributed by atoms with Gasteiger partial charge in [0.1, 0.15) is 13.2 Å². The van der Waals surface area contributed by atoms with Crippen LogP contribution in [-0.2, 0) is 18.4 Å². The zero-order chi connectivity index (χ0) is 51.3. The number of likely N-dealkylation sites (N-methyl/N-ethyl adjacent to an activating group) is 1. The van der Waals surface area contributed by atoms with E-state index in [0.717, 1.165) is 44.9 Å². The van der Waals surface area contributed by atoms with Crippen molar-refractivity contribution < 1.29 is 32.9 Å². The molecular formula is C61H117N2O6P. The molecule has 70 heavy (non-hydrogen) atoms. The number of carbonyl (C=O) groups excluding carboxylic acids is 1. The first kappa shape index (κ1) is 68.5. The Hall–Kier alpha value is -1.54. The van der Waals surface area contributed by atoms with E-state index in [9.17, 15) is 19.4 Å². The standard InChI is InChI=1S/C61H117N2O6P/c1-6-8-10-12-14-16-18-20-22-24-26-28-30-31-33-35-37-39-41-43-45-47-49-51-53-55-61(65)62-59(58-69-70(66,67)68-57-56-63(3,4)5)60(64)54-52-50-48-46-44-42-40-38-36-34-32-29-27-25-23-21-19-17-15-13-11-9-7-2/h18,20,24,26,44,46,52,54,59-60,64H,6-17,19,21-23,25,27-43,45,47-51,53,55-58H2,1-5H3,(H-,62,65,66,67)/b20-18-,26-24-,46-44+,54-52+. The second kappa shape index (κ2) is 52.3. The van der Waals surface area contributed by atoms with Crippen LogP contribution in [0, 0.1) is 0 Å². The number of quaternary nitrogens is 1. The van der Waals surface area contributed by atoms with Crippen molar-refractivity contribution in [3.8, 4) is 0 Å². The molecule has 0 saturated heterocycles. The lowest BCUT2D eigenvalue weighted by Gasteiger charge is -2.29. The Morgan fingerprint density at radius 1 is 0.500 bits per heavy atom. The Morgan fingerprint density at radius 3 is 1.24 bits per heavy atom. The van der Waals surface area contributed by atoms with Gasteiger partial charge in [0.2, 0.25) is 5.91 Å². The van der Waals surface area contributed by atoms with Gasteiger partial charge in [-0.3, -0.25) is 9.36 Å². The van der Waals surface area contributed by atoms with Crippen LogP contribution in [0.5, 0.6) is 0 Å². The molecule has 0 bridgehead atoms. The minimum absolute atomic E-state index is 0.00659. The largest absolute Gasteiger partial charge is 0.756 e. The summed E-state index contributed by atoms with van der Waals surface area (Å²) in [5.74, 6) is -0.206. The van der Waals surface area contributed by atoms with Crippen LogP contribution in [0.1, 0.15) is 284 Å². The van der Waals surface area contributed by atoms with Crippen molar-refractivity contribution in [3.63, 3.8) is 0 Å². The molecule has 9 heteroatoms. The van der Waals surface area contributed by atoms with Gasteiger partial charge in [0.05, 0.1) is 39.9 Å². The maximum atomic E-state index is 13.0. The lowest BCUT2D eigenvalue weighted by molar-refractivity contribution is -0.870. The molecule has 0 saturated carbocycles. The maximum Gasteiger partial charge on any atom is 0.268 e. The molecule has 1 amide bonds. The predicted molar refractivity (Wildman–Crippen MR) is 302 cm³/mol. The Labute approximate surface area is 435 Å². The third kappa shape index (κ3) is 54.2. The Morgan fingerprint density at radius 2 is 0.843 bits per heavy atom. The molecule has 3 atom stereocenters. The van der Waals surface area contributed by atoms with Gasteiger partial charge in [-0.05, 0) is 64.2 Å². The summed E-state index contributed by atoms with van der Waals surface area (Å²) in [6, 6.07) is -0.905. The van der Waals surface area contributed by atoms with E-state index < -0.39 is 26.6 Å². The van der Waals surface area contributed by atoms with Crippen LogP contribution in [0.4, 0.5) is 0 Å². The number of phosphoric ester groups is 1. The summed E-state index contributed by atoms with van der Waals surface area (Å²) in [7, 11) is 1.25. The molecule has 2 N–H and O–H groups in total. The highest BCUT2D eigenvalue weighted by Crippen LogP contribution is 2.38. The smallest absolute Gasteiger partial charge is 0.268 e. The van der Waals surface area contributed by atoms with Crippen molar-refractivity contribution in [2.45, 2.75) is 296 Å². The van der Waals surface area contributed by atoms with Crippen molar-refractivity contribution in [2.75, 3.05) is 40.9 Å². The van der Waals surface area contributed by atoms with Crippen LogP contribution in [0.2, 0.25) is 0 Å². The van der Waals surface area contributed by atoms with Gasteiger partial charge >= 0.3 is 0 Å². The molecule has 0 spiro atoms. The highest BCUT2D eigenvalue weighted by Gasteiger charge is 2.23. The van der Waals surface area contributed by atoms with Gasteiger partial charge in [0, 0.05) is 6.42 Å². The van der Waals surface area contributed by atoms with Crippen LogP contribution >= 0.6 is 7.82 Å². The van der Waals surface area contributed by atoms with Crippen molar-refractivity contribution in [1.29, 1.82) is 0 Å². The van der Waals surface area contributed by atoms with Crippen LogP contribution in [0.3, 0.4) is 0 Å². The van der Waals surface area contributed by atoms with Crippen molar-refractivity contribution in [3.05, 3.63) is 48.6 Å². The first-order chi connectivity index (χ1) is 34.0. The number of unbranched alkanes of at least 4 members (excludes halogenated alkanes) is 36. The predicted octanol–water partition coefficient (Wildman–Crippen LogP) is 17.7. The summed E-state index contributed by atoms with van der Waals surface area (Å²) < 4.78 is 23.4. The fraction of sp³-hybridized carbons (Fsp3) is 0.852. The summed E-state index contributed by atoms with van der Waals surface area (Å²) in [6.45, 7) is 4.65. The van der Waals surface area contributed by atoms with E-state index in [1.165, 1.54) is 218 Å². The number of amides is 1. The van der Waals surface area contributed by atoms with E-state index in [0.29, 0.717) is 17.4 Å². The van der Waals surface area contributed by atoms with Gasteiger partial charge in [-0.2, -0.15) is 0 Å². The average Bonchev–Trinajstić information content (AvgIpc) is 3.32. The van der Waals surface area contributed by atoms with Gasteiger partial charge in [0.25, 0.3) is 7.82 Å². The number of phosphoric acid groups is 1. The number of rotatable bonds is 55. The first-order valence-electron chi connectivity index (χ1n) is 30.0. The van der Waals surface area contributed by atoms with E-state index in [-0.39, 0.29) is 12.5 Å². The fourth-order valence-corrected chi connectivity index (χ4v) is 9.51. The van der Waals surface area contributed by atoms with Crippen LogP contribution in [-0.4, -0.2) is 68.5 Å². The molecule has 0 aromatic rings. The van der Waals surface area contributed by atoms with Gasteiger partial charge < -0.3 is 28.8 Å². The molecule has 0 aromatic carbocycles. The van der Waals surface area contributed by atoms with Crippen molar-refractivity contribution >= 4 is 13.7 Å². The zero-order valence-electron chi connectivity index (χ0n) is 47.0. The minimum atomic E-state index is -4.61. The summed E-state index contributed by atoms with van der Waals surface area (Å²) in [5, 5.41) is 13.9. The van der Waals surface area contributed by atoms with Gasteiger partial charge in [0.15, 0.2) is 0 Å². The van der Waals surface area contributed by atoms with E-state index >= 15 is 0 Å². The summed E-state index contributed by atoms with van der Waals surface area (Å²) in [6.07, 6.45) is 69.1. The van der Waals surface area contributed by atoms with Gasteiger partial charge in [-0.1, -0.05) is 262 Å². The quantitative estimate of drug-likeness (QED) is 0.0272. The Balaban J connectivity index is 4.22. The third-order valence-corrected chi connectivity index (χ3v) is 14.5. The molecular weight excluding hydrogens is 888 g/mol. The van der Waals surface area contributed by atoms with Gasteiger partial charge in [-0.25, -0.2) is 0 Å². The summed E-state index contributed by atoms with van der Waals surface area (Å²) in [4.78, 5) is 25.5. The molecule has 8 nitrogen and oxygen atoms in total. The molecule has 0 radical (unpaired) electrons. The minimum Gasteiger partial charge on any atom is -0.756 e. The van der Waals surface area contributed by atoms with E-state index in [4.69, 9.17) is 9.05 Å². The first-order valence-corrected chi connectivity index (χ1v) is 31.5. The number of nitrogens with zero attached hydrogens (tertiary/aromatic N) is 1. The van der Waals surface area contributed by atoms with E-state index in [1.807, 2.05) is 27.2 Å². The number of aliphatic hydroxyl groups is 1. The summed E-state index contributed by atoms with van der Waals surface area (Å²) >= 11 is 0. The zero-order valence-corrected chi connectivity index (χ0v) is 47.9. The topological polar surface area (TPSA) is 108 Å². The molecule has 0 rings (SSSR count). The molecule has 3 unspecified atom stereocenters. The Bertz CT molecular complexity index is 1280. The molecule has 0 aliphatic heterocycles. The number of aliphatic hydroxyl groups excluding tert-OH is 1. The van der Waals surface area contributed by atoms with Crippen molar-refractivity contribution in [1.82, 2.24) is 5.32 Å². The molecule has 0 aromatic heterocycles. The SMILES string of the molecule is CCCCCCC/C=C\C/C=C\CCCCCCCCCCCCCCCC(=O)NC(COP(=O)([O-])OCC[N+](C)(C)C)C(O)/C=C/CC/C=C/CCCCCCCCCCCCCCCCCCC. The highest BCUT2D eigenvalue weighted by atomic mass is 31.2. The fourth-order valence-electron chi connectivity index (χ4n) is 8.79. The third-order valence-electron chi connectivity index (χ3n) is 13.5. The molecule has 0 aliphatic carbocycles. The molecule has 0 fully saturated rings. The highest BCUT2D eigenvalue weighted by molar-refractivity contribution is 7.45. The second-order valence-electron chi connectivity index (χ2n) is 21.7. The molecule has 0 heterocycles. The lowest BCUT2D eigenvalue weighted by atomic mass is 10.0. The van der Waals surface area contributed by atoms with E-state index in [1.54, 1.807) is 6.08 Å². The van der Waals surface area contributed by atoms with E-state index in [2.05, 4.69) is 55.6 Å². The Kier molecular flexibility index (Phi) is 51.2. The maximum absolute atomic E-state index is 13.0. The lowest BCUT2D eigenvalue weighted by Crippen LogP contribution is -2.45. The monoisotopic (exact) mass is 1000 g/mol. The number of carbonyl (C=O) groups is 1. The summed E-state index contributed by atoms with van der Waals surface area (Å²) in [5.41, 5.74) is 0. The molecule has 0 aliphatic rings. The number of allylic oxidation sites excluding steroid dienone is 7. The van der Waals surface area contributed by atoms with Gasteiger partial charge in [-0.15, -0.1) is 0 Å². The average molecular weight is 1010 g/mol. The second-order valence-corrected chi connectivity index (χ2v) is 23.1. The van der Waals surface area contributed by atoms with Crippen LogP contribution in [0.15, 0.2) is 48.6 Å². The number of nitrogens with one attached hydrogen (secondary N) is 1. The van der Waals surface area contributed by atoms with Crippen LogP contribution in [0.25, 0.3) is 0 Å². The molecule has 412 valence electrons. The number of hydrogen-bond donors (Lipinski definition) is 2. The number of hydrogen-bond acceptors (Lipinski definition) is 6. The van der Waals surface area contributed by atoms with Crippen molar-refractivity contribution in [2.24, 2.45) is 0 Å². The normalized spacial score (nSPS) is 14.2.